The molecule has 2 N–H and O–H groups in total. The van der Waals surface area contributed by atoms with Crippen LogP contribution in [-0.2, 0) is 9.59 Å². The number of nitrogens with zero attached hydrogens (tertiary/aromatic N) is 3. The fraction of sp³-hybridized carbons (Fsp3) is 0.622. The molecular formula is C37H57N5O5. The number of carbonyl (C=O) groups is 2. The van der Waals surface area contributed by atoms with Gasteiger partial charge in [-0.2, -0.15) is 10.2 Å². The van der Waals surface area contributed by atoms with Crippen molar-refractivity contribution >= 4 is 28.9 Å². The van der Waals surface area contributed by atoms with Gasteiger partial charge in [-0.3, -0.25) is 19.7 Å². The van der Waals surface area contributed by atoms with E-state index in [1.807, 2.05) is 13.8 Å². The van der Waals surface area contributed by atoms with Crippen LogP contribution in [0.25, 0.3) is 0 Å². The molecule has 0 fully saturated rings. The van der Waals surface area contributed by atoms with Gasteiger partial charge in [0.1, 0.15) is 11.8 Å². The molecule has 2 rings (SSSR count). The van der Waals surface area contributed by atoms with Crippen LogP contribution in [0, 0.1) is 16.0 Å². The number of nitro groups is 1. The first-order chi connectivity index (χ1) is 22.8. The van der Waals surface area contributed by atoms with E-state index in [1.54, 1.807) is 24.3 Å². The molecule has 1 atom stereocenters. The lowest BCUT2D eigenvalue weighted by molar-refractivity contribution is -0.384. The van der Waals surface area contributed by atoms with Gasteiger partial charge in [0.25, 0.3) is 11.6 Å². The maximum atomic E-state index is 12.8. The fourth-order valence-electron chi connectivity index (χ4n) is 5.26. The molecule has 0 radical (unpaired) electrons. The highest BCUT2D eigenvalue weighted by molar-refractivity contribution is 5.88. The predicted octanol–water partition coefficient (Wildman–Crippen LogP) is 9.91. The average Bonchev–Trinajstić information content (AvgIpc) is 3.07. The van der Waals surface area contributed by atoms with Crippen LogP contribution in [-0.4, -0.2) is 35.9 Å². The summed E-state index contributed by atoms with van der Waals surface area (Å²) in [6.07, 6.45) is 21.0. The Bertz CT molecular complexity index is 1180. The fourth-order valence-corrected chi connectivity index (χ4v) is 5.26. The van der Waals surface area contributed by atoms with Gasteiger partial charge in [-0.1, -0.05) is 117 Å². The van der Waals surface area contributed by atoms with E-state index in [0.29, 0.717) is 23.7 Å². The molecule has 2 aromatic carbocycles. The van der Waals surface area contributed by atoms with Crippen molar-refractivity contribution in [2.45, 2.75) is 130 Å². The number of carbonyl (C=O) groups excluding carboxylic acids is 2. The maximum Gasteiger partial charge on any atom is 0.269 e. The number of hydrogen-bond donors (Lipinski definition) is 2. The Kier molecular flexibility index (Phi) is 20.4. The van der Waals surface area contributed by atoms with Crippen LogP contribution in [0.4, 0.5) is 17.1 Å². The standard InChI is InChI=1S/C37H57N5O5/c1-4-5-6-7-8-9-10-11-12-13-14-15-16-17-18-19-28-38-37(44)36(30(2)3)39-35(43)29-47-34-26-22-32(23-27-34)41-40-31-20-24-33(25-21-31)42(45)46/h20-27,30,36H,4-19,28-29H2,1-3H3,(H,38,44)(H,39,43). The Morgan fingerprint density at radius 1 is 0.723 bits per heavy atom. The predicted molar refractivity (Wildman–Crippen MR) is 189 cm³/mol. The minimum Gasteiger partial charge on any atom is -0.484 e. The normalized spacial score (nSPS) is 11.9. The van der Waals surface area contributed by atoms with Crippen molar-refractivity contribution in [3.8, 4) is 5.75 Å². The average molecular weight is 652 g/mol. The van der Waals surface area contributed by atoms with Crippen LogP contribution in [0.1, 0.15) is 124 Å². The molecule has 0 saturated carbocycles. The summed E-state index contributed by atoms with van der Waals surface area (Å²) in [6, 6.07) is 11.8. The van der Waals surface area contributed by atoms with Gasteiger partial charge in [-0.15, -0.1) is 0 Å². The van der Waals surface area contributed by atoms with E-state index >= 15 is 0 Å². The lowest BCUT2D eigenvalue weighted by Gasteiger charge is -2.21. The van der Waals surface area contributed by atoms with E-state index in [1.165, 1.54) is 114 Å². The van der Waals surface area contributed by atoms with Crippen molar-refractivity contribution in [3.05, 3.63) is 58.6 Å². The molecule has 2 aromatic rings. The van der Waals surface area contributed by atoms with Crippen LogP contribution in [0.15, 0.2) is 58.8 Å². The van der Waals surface area contributed by atoms with E-state index in [-0.39, 0.29) is 30.0 Å². The summed E-state index contributed by atoms with van der Waals surface area (Å²) < 4.78 is 5.60. The Morgan fingerprint density at radius 3 is 1.62 bits per heavy atom. The summed E-state index contributed by atoms with van der Waals surface area (Å²) in [5.74, 6) is -0.131. The minimum absolute atomic E-state index is 0.0135. The van der Waals surface area contributed by atoms with Crippen molar-refractivity contribution in [1.29, 1.82) is 0 Å². The third-order valence-corrected chi connectivity index (χ3v) is 8.14. The van der Waals surface area contributed by atoms with Gasteiger partial charge in [0.05, 0.1) is 16.3 Å². The summed E-state index contributed by atoms with van der Waals surface area (Å²) in [7, 11) is 0. The lowest BCUT2D eigenvalue weighted by Crippen LogP contribution is -2.51. The van der Waals surface area contributed by atoms with Crippen molar-refractivity contribution in [2.75, 3.05) is 13.2 Å². The highest BCUT2D eigenvalue weighted by Crippen LogP contribution is 2.23. The third kappa shape index (κ3) is 18.2. The van der Waals surface area contributed by atoms with Crippen molar-refractivity contribution in [2.24, 2.45) is 16.1 Å². The molecule has 0 bridgehead atoms. The number of amides is 2. The number of hydrogen-bond acceptors (Lipinski definition) is 7. The zero-order valence-corrected chi connectivity index (χ0v) is 28.9. The summed E-state index contributed by atoms with van der Waals surface area (Å²) in [4.78, 5) is 35.6. The second kappa shape index (κ2) is 24.4. The van der Waals surface area contributed by atoms with E-state index in [9.17, 15) is 19.7 Å². The Labute approximate surface area is 281 Å². The van der Waals surface area contributed by atoms with Crippen molar-refractivity contribution in [1.82, 2.24) is 10.6 Å². The summed E-state index contributed by atoms with van der Waals surface area (Å²) in [6.45, 7) is 6.47. The van der Waals surface area contributed by atoms with E-state index < -0.39 is 11.0 Å². The zero-order chi connectivity index (χ0) is 34.1. The Hall–Kier alpha value is -3.82. The molecule has 0 aromatic heterocycles. The van der Waals surface area contributed by atoms with Crippen LogP contribution >= 0.6 is 0 Å². The Morgan fingerprint density at radius 2 is 1.17 bits per heavy atom. The van der Waals surface area contributed by atoms with Crippen molar-refractivity contribution in [3.63, 3.8) is 0 Å². The zero-order valence-electron chi connectivity index (χ0n) is 28.9. The highest BCUT2D eigenvalue weighted by atomic mass is 16.6. The second-order valence-electron chi connectivity index (χ2n) is 12.6. The number of nitro benzene ring substituents is 1. The molecular weight excluding hydrogens is 594 g/mol. The second-order valence-corrected chi connectivity index (χ2v) is 12.6. The van der Waals surface area contributed by atoms with Gasteiger partial charge >= 0.3 is 0 Å². The van der Waals surface area contributed by atoms with Gasteiger partial charge in [-0.05, 0) is 48.7 Å². The molecule has 0 spiro atoms. The first-order valence-electron chi connectivity index (χ1n) is 17.8. The van der Waals surface area contributed by atoms with Crippen LogP contribution in [0.3, 0.4) is 0 Å². The number of benzene rings is 2. The SMILES string of the molecule is CCCCCCCCCCCCCCCCCCNC(=O)C(NC(=O)COc1ccc(N=Nc2ccc([N+](=O)[O-])cc2)cc1)C(C)C. The van der Waals surface area contributed by atoms with Gasteiger partial charge in [-0.25, -0.2) is 0 Å². The van der Waals surface area contributed by atoms with Crippen LogP contribution in [0.2, 0.25) is 0 Å². The maximum absolute atomic E-state index is 12.8. The topological polar surface area (TPSA) is 135 Å². The van der Waals surface area contributed by atoms with E-state index in [2.05, 4.69) is 27.8 Å². The largest absolute Gasteiger partial charge is 0.484 e. The molecule has 0 aliphatic carbocycles. The Balaban J connectivity index is 1.55. The number of ether oxygens (including phenoxy) is 1. The van der Waals surface area contributed by atoms with Gasteiger partial charge in [0, 0.05) is 18.7 Å². The van der Waals surface area contributed by atoms with Crippen LogP contribution in [0.5, 0.6) is 5.75 Å². The summed E-state index contributed by atoms with van der Waals surface area (Å²) >= 11 is 0. The molecule has 2 amide bonds. The number of azo groups is 1. The van der Waals surface area contributed by atoms with Gasteiger partial charge in [0.2, 0.25) is 5.91 Å². The smallest absolute Gasteiger partial charge is 0.269 e. The molecule has 0 saturated heterocycles. The molecule has 260 valence electrons. The summed E-state index contributed by atoms with van der Waals surface area (Å²) in [5.41, 5.74) is 1.03. The molecule has 10 heteroatoms. The lowest BCUT2D eigenvalue weighted by atomic mass is 10.0. The summed E-state index contributed by atoms with van der Waals surface area (Å²) in [5, 5.41) is 24.7. The molecule has 47 heavy (non-hydrogen) atoms. The van der Waals surface area contributed by atoms with E-state index in [4.69, 9.17) is 4.74 Å². The molecule has 1 unspecified atom stereocenters. The quantitative estimate of drug-likeness (QED) is 0.0452. The molecule has 10 nitrogen and oxygen atoms in total. The van der Waals surface area contributed by atoms with Crippen molar-refractivity contribution < 1.29 is 19.2 Å². The first kappa shape index (κ1) is 39.4. The number of unbranched alkanes of at least 4 members (excludes halogenated alkanes) is 15. The third-order valence-electron chi connectivity index (χ3n) is 8.14. The molecule has 0 heterocycles. The minimum atomic E-state index is -0.630. The number of nitrogens with one attached hydrogen (secondary N) is 2. The van der Waals surface area contributed by atoms with E-state index in [0.717, 1.165) is 12.8 Å². The molecule has 0 aliphatic heterocycles. The number of non-ortho nitro benzene ring substituents is 1. The number of rotatable bonds is 26. The highest BCUT2D eigenvalue weighted by Gasteiger charge is 2.24. The first-order valence-corrected chi connectivity index (χ1v) is 17.8. The monoisotopic (exact) mass is 651 g/mol. The molecule has 0 aliphatic rings. The van der Waals surface area contributed by atoms with Gasteiger partial charge < -0.3 is 15.4 Å². The van der Waals surface area contributed by atoms with Gasteiger partial charge in [0.15, 0.2) is 6.61 Å². The van der Waals surface area contributed by atoms with Crippen LogP contribution < -0.4 is 15.4 Å².